The molecule has 15 heteroatoms. The summed E-state index contributed by atoms with van der Waals surface area (Å²) in [6.45, 7) is 2.90. The first-order valence-corrected chi connectivity index (χ1v) is 13.0. The fourth-order valence-electron chi connectivity index (χ4n) is 5.34. The second-order valence-electron chi connectivity index (χ2n) is 10.1. The van der Waals surface area contributed by atoms with Gasteiger partial charge in [-0.1, -0.05) is 5.43 Å². The van der Waals surface area contributed by atoms with Gasteiger partial charge in [-0.3, -0.25) is 9.59 Å². The lowest BCUT2D eigenvalue weighted by atomic mass is 9.93. The number of benzene rings is 1. The summed E-state index contributed by atoms with van der Waals surface area (Å²) in [5.41, 5.74) is 13.5. The minimum atomic E-state index is -1.35. The number of carbonyl (C=O) groups is 2. The Balaban J connectivity index is 1.41. The molecule has 3 heterocycles. The van der Waals surface area contributed by atoms with Crippen molar-refractivity contribution < 1.29 is 28.9 Å². The van der Waals surface area contributed by atoms with Gasteiger partial charge >= 0.3 is 11.9 Å². The summed E-state index contributed by atoms with van der Waals surface area (Å²) >= 11 is 0. The molecule has 216 valence electrons. The van der Waals surface area contributed by atoms with Gasteiger partial charge in [-0.15, -0.1) is 0 Å². The molecule has 40 heavy (non-hydrogen) atoms. The van der Waals surface area contributed by atoms with Gasteiger partial charge in [-0.05, 0) is 38.7 Å². The number of nitrogens with two attached hydrogens (primary N) is 2. The van der Waals surface area contributed by atoms with E-state index in [2.05, 4.69) is 4.99 Å². The van der Waals surface area contributed by atoms with Crippen molar-refractivity contribution >= 4 is 34.5 Å². The Bertz CT molecular complexity index is 1420. The van der Waals surface area contributed by atoms with Crippen LogP contribution in [0.4, 0.5) is 10.1 Å². The van der Waals surface area contributed by atoms with E-state index in [4.69, 9.17) is 16.2 Å². The molecule has 14 nitrogen and oxygen atoms in total. The summed E-state index contributed by atoms with van der Waals surface area (Å²) in [6.07, 6.45) is 3.67. The number of carboxylic acid groups (broad SMARTS) is 1. The summed E-state index contributed by atoms with van der Waals surface area (Å²) in [5, 5.41) is 19.0. The molecule has 4 rings (SSSR count). The maximum absolute atomic E-state index is 15.5. The monoisotopic (exact) mass is 561 g/mol. The predicted molar refractivity (Wildman–Crippen MR) is 143 cm³/mol. The first-order chi connectivity index (χ1) is 19.0. The number of aromatic nitrogens is 1. The van der Waals surface area contributed by atoms with Crippen molar-refractivity contribution in [3.8, 4) is 0 Å². The number of aryl methyl sites for hydroxylation is 1. The van der Waals surface area contributed by atoms with E-state index in [1.807, 2.05) is 11.8 Å². The van der Waals surface area contributed by atoms with Gasteiger partial charge < -0.3 is 30.8 Å². The number of nitrogens with zero attached hydrogens (tertiary/aromatic N) is 4. The lowest BCUT2D eigenvalue weighted by molar-refractivity contribution is -0.525. The normalized spacial score (nSPS) is 18.4. The topological polar surface area (TPSA) is 208 Å². The van der Waals surface area contributed by atoms with Crippen molar-refractivity contribution in [3.05, 3.63) is 49.5 Å². The predicted octanol–water partition coefficient (Wildman–Crippen LogP) is 1.06. The van der Waals surface area contributed by atoms with Crippen LogP contribution in [0.25, 0.3) is 10.9 Å². The van der Waals surface area contributed by atoms with Crippen LogP contribution in [-0.2, 0) is 16.0 Å². The van der Waals surface area contributed by atoms with Crippen LogP contribution in [0.3, 0.4) is 0 Å². The molecule has 0 spiro atoms. The number of guanidine groups is 1. The molecular formula is C25H32FN7O7. The van der Waals surface area contributed by atoms with E-state index >= 15 is 4.39 Å². The standard InChI is InChI=1S/C25H32FN7O7/c1-13-4-5-15-20-16(22(34)17(23(35)36)12-32(13)20)11-18(26)21(15)31-9-6-14(7-10-31)40-24(37)19(27)3-2-8-29-25(28)30-33(38)39/h11-14,19H,2-10,27H2,1H3,(H,35,36)(H3,28,29,30)/t13-,19-/m0/s1. The quantitative estimate of drug-likeness (QED) is 0.0849. The summed E-state index contributed by atoms with van der Waals surface area (Å²) < 4.78 is 22.8. The molecule has 2 aliphatic rings. The highest BCUT2D eigenvalue weighted by atomic mass is 19.1. The van der Waals surface area contributed by atoms with Crippen LogP contribution in [0.2, 0.25) is 0 Å². The van der Waals surface area contributed by atoms with Crippen LogP contribution in [-0.4, -0.2) is 64.4 Å². The maximum Gasteiger partial charge on any atom is 0.341 e. The lowest BCUT2D eigenvalue weighted by Gasteiger charge is -2.37. The van der Waals surface area contributed by atoms with Gasteiger partial charge in [-0.2, -0.15) is 0 Å². The zero-order valence-corrected chi connectivity index (χ0v) is 22.0. The van der Waals surface area contributed by atoms with E-state index in [0.717, 1.165) is 6.07 Å². The van der Waals surface area contributed by atoms with Crippen LogP contribution in [0, 0.1) is 15.9 Å². The molecular weight excluding hydrogens is 529 g/mol. The number of aromatic carboxylic acids is 1. The third kappa shape index (κ3) is 5.98. The molecule has 2 atom stereocenters. The summed E-state index contributed by atoms with van der Waals surface area (Å²) in [7, 11) is 0. The third-order valence-corrected chi connectivity index (χ3v) is 7.36. The average Bonchev–Trinajstić information content (AvgIpc) is 2.89. The first-order valence-electron chi connectivity index (χ1n) is 13.0. The van der Waals surface area contributed by atoms with Crippen LogP contribution in [0.1, 0.15) is 61.0 Å². The molecule has 1 saturated heterocycles. The maximum atomic E-state index is 15.5. The molecule has 0 bridgehead atoms. The number of halogens is 1. The van der Waals surface area contributed by atoms with Crippen molar-refractivity contribution in [2.45, 2.75) is 63.6 Å². The van der Waals surface area contributed by atoms with Gasteiger partial charge in [0.1, 0.15) is 23.5 Å². The highest BCUT2D eigenvalue weighted by Crippen LogP contribution is 2.39. The number of hydrazine groups is 1. The van der Waals surface area contributed by atoms with Gasteiger partial charge in [-0.25, -0.2) is 24.3 Å². The minimum absolute atomic E-state index is 0.0526. The Kier molecular flexibility index (Phi) is 8.52. The number of nitrogens with one attached hydrogen (secondary N) is 1. The number of anilines is 1. The molecule has 0 amide bonds. The Morgan fingerprint density at radius 1 is 1.35 bits per heavy atom. The number of carboxylic acids is 1. The van der Waals surface area contributed by atoms with E-state index in [0.29, 0.717) is 62.0 Å². The van der Waals surface area contributed by atoms with E-state index in [9.17, 15) is 29.6 Å². The van der Waals surface area contributed by atoms with Crippen LogP contribution >= 0.6 is 0 Å². The highest BCUT2D eigenvalue weighted by Gasteiger charge is 2.31. The number of nitro groups is 1. The molecule has 0 saturated carbocycles. The van der Waals surface area contributed by atoms with E-state index in [1.165, 1.54) is 6.20 Å². The molecule has 0 unspecified atom stereocenters. The molecule has 0 radical (unpaired) electrons. The Hall–Kier alpha value is -4.27. The number of ether oxygens (including phenoxy) is 1. The average molecular weight is 562 g/mol. The van der Waals surface area contributed by atoms with Crippen molar-refractivity contribution in [1.29, 1.82) is 0 Å². The number of carbonyl (C=O) groups excluding carboxylic acids is 1. The SMILES string of the molecule is C[C@H]1CCc2c(N3CCC(OC(=O)[C@@H](N)CCCN=C(N)N[N+](=O)[O-])CC3)c(F)cc3c(=O)c(C(=O)O)cn1c23. The molecule has 2 aromatic rings. The van der Waals surface area contributed by atoms with Crippen molar-refractivity contribution in [3.63, 3.8) is 0 Å². The number of rotatable bonds is 9. The van der Waals surface area contributed by atoms with E-state index < -0.39 is 40.4 Å². The fraction of sp³-hybridized carbons (Fsp3) is 0.520. The number of aliphatic imine (C=N–C) groups is 1. The third-order valence-electron chi connectivity index (χ3n) is 7.36. The van der Waals surface area contributed by atoms with Gasteiger partial charge in [0.25, 0.3) is 5.96 Å². The fourth-order valence-corrected chi connectivity index (χ4v) is 5.34. The van der Waals surface area contributed by atoms with Gasteiger partial charge in [0.2, 0.25) is 5.43 Å². The van der Waals surface area contributed by atoms with Gasteiger partial charge in [0.05, 0.1) is 11.2 Å². The number of pyridine rings is 1. The highest BCUT2D eigenvalue weighted by molar-refractivity contribution is 5.95. The second-order valence-corrected chi connectivity index (χ2v) is 10.1. The Morgan fingerprint density at radius 3 is 2.70 bits per heavy atom. The zero-order chi connectivity index (χ0) is 29.1. The van der Waals surface area contributed by atoms with Gasteiger partial charge in [0.15, 0.2) is 5.03 Å². The van der Waals surface area contributed by atoms with Gasteiger partial charge in [0, 0.05) is 55.7 Å². The number of piperidine rings is 1. The molecule has 1 fully saturated rings. The Labute approximate surface area is 227 Å². The van der Waals surface area contributed by atoms with Crippen LogP contribution < -0.4 is 27.2 Å². The second kappa shape index (κ2) is 11.9. The number of hydrogen-bond donors (Lipinski definition) is 4. The minimum Gasteiger partial charge on any atom is -0.477 e. The molecule has 2 aliphatic heterocycles. The largest absolute Gasteiger partial charge is 0.477 e. The van der Waals surface area contributed by atoms with E-state index in [1.54, 1.807) is 9.99 Å². The van der Waals surface area contributed by atoms with Crippen LogP contribution in [0.5, 0.6) is 0 Å². The first kappa shape index (κ1) is 28.7. The smallest absolute Gasteiger partial charge is 0.341 e. The Morgan fingerprint density at radius 2 is 2.05 bits per heavy atom. The summed E-state index contributed by atoms with van der Waals surface area (Å²) in [5.74, 6) is -2.85. The zero-order valence-electron chi connectivity index (χ0n) is 22.0. The number of esters is 1. The van der Waals surface area contributed by atoms with Crippen molar-refractivity contribution in [1.82, 2.24) is 9.99 Å². The molecule has 0 aliphatic carbocycles. The van der Waals surface area contributed by atoms with Crippen LogP contribution in [0.15, 0.2) is 22.1 Å². The van der Waals surface area contributed by atoms with E-state index in [-0.39, 0.29) is 35.9 Å². The van der Waals surface area contributed by atoms with Crippen molar-refractivity contribution in [2.24, 2.45) is 16.5 Å². The molecule has 6 N–H and O–H groups in total. The van der Waals surface area contributed by atoms with Crippen molar-refractivity contribution in [2.75, 3.05) is 24.5 Å². The molecule has 1 aromatic carbocycles. The molecule has 1 aromatic heterocycles. The number of hydrogen-bond acceptors (Lipinski definition) is 9. The summed E-state index contributed by atoms with van der Waals surface area (Å²) in [6, 6.07) is 0.186. The summed E-state index contributed by atoms with van der Waals surface area (Å²) in [4.78, 5) is 52.9. The lowest BCUT2D eigenvalue weighted by Crippen LogP contribution is -2.42.